The molecule has 0 saturated heterocycles. The van der Waals surface area contributed by atoms with Crippen LogP contribution in [0.2, 0.25) is 0 Å². The van der Waals surface area contributed by atoms with Gasteiger partial charge in [-0.1, -0.05) is 13.8 Å². The maximum absolute atomic E-state index is 5.72. The highest BCUT2D eigenvalue weighted by Crippen LogP contribution is 2.15. The van der Waals surface area contributed by atoms with Gasteiger partial charge < -0.3 is 19.2 Å². The lowest BCUT2D eigenvalue weighted by molar-refractivity contribution is 0.0347. The van der Waals surface area contributed by atoms with E-state index in [0.29, 0.717) is 19.8 Å². The van der Waals surface area contributed by atoms with Gasteiger partial charge in [-0.25, -0.2) is 0 Å². The third-order valence-electron chi connectivity index (χ3n) is 2.57. The molecule has 0 bridgehead atoms. The quantitative estimate of drug-likeness (QED) is 0.653. The van der Waals surface area contributed by atoms with Gasteiger partial charge in [-0.05, 0) is 31.5 Å². The Labute approximate surface area is 110 Å². The molecule has 1 aromatic heterocycles. The van der Waals surface area contributed by atoms with Gasteiger partial charge in [0.15, 0.2) is 0 Å². The molecular formula is C14H25NO3. The van der Waals surface area contributed by atoms with Gasteiger partial charge in [-0.3, -0.25) is 0 Å². The van der Waals surface area contributed by atoms with Crippen molar-refractivity contribution >= 4 is 0 Å². The summed E-state index contributed by atoms with van der Waals surface area (Å²) in [5.41, 5.74) is 1.18. The van der Waals surface area contributed by atoms with Gasteiger partial charge in [0.05, 0.1) is 19.8 Å². The number of rotatable bonds is 10. The zero-order valence-electron chi connectivity index (χ0n) is 11.8. The van der Waals surface area contributed by atoms with Crippen molar-refractivity contribution in [3.63, 3.8) is 0 Å². The molecule has 1 heterocycles. The van der Waals surface area contributed by atoms with Crippen LogP contribution in [0.4, 0.5) is 0 Å². The zero-order chi connectivity index (χ0) is 13.2. The summed E-state index contributed by atoms with van der Waals surface area (Å²) in [5.74, 6) is 1.88. The van der Waals surface area contributed by atoms with Crippen molar-refractivity contribution in [1.82, 2.24) is 5.32 Å². The summed E-state index contributed by atoms with van der Waals surface area (Å²) < 4.78 is 16.6. The molecule has 0 unspecified atom stereocenters. The second-order valence-corrected chi connectivity index (χ2v) is 4.26. The average molecular weight is 255 g/mol. The fourth-order valence-corrected chi connectivity index (χ4v) is 1.61. The Morgan fingerprint density at radius 2 is 1.94 bits per heavy atom. The van der Waals surface area contributed by atoms with E-state index in [9.17, 15) is 0 Å². The van der Waals surface area contributed by atoms with Gasteiger partial charge >= 0.3 is 0 Å². The summed E-state index contributed by atoms with van der Waals surface area (Å²) in [4.78, 5) is 0. The number of aryl methyl sites for hydroxylation is 1. The third kappa shape index (κ3) is 5.67. The molecule has 0 fully saturated rings. The van der Waals surface area contributed by atoms with E-state index in [1.807, 2.05) is 6.07 Å². The predicted molar refractivity (Wildman–Crippen MR) is 71.6 cm³/mol. The van der Waals surface area contributed by atoms with Crippen LogP contribution in [0.1, 0.15) is 37.4 Å². The van der Waals surface area contributed by atoms with Gasteiger partial charge in [-0.2, -0.15) is 0 Å². The minimum absolute atomic E-state index is 0.516. The van der Waals surface area contributed by atoms with Crippen molar-refractivity contribution in [3.8, 4) is 0 Å². The molecular weight excluding hydrogens is 230 g/mol. The van der Waals surface area contributed by atoms with Crippen LogP contribution < -0.4 is 5.32 Å². The van der Waals surface area contributed by atoms with E-state index >= 15 is 0 Å². The maximum atomic E-state index is 5.72. The topological polar surface area (TPSA) is 43.6 Å². The Kier molecular flexibility index (Phi) is 7.73. The van der Waals surface area contributed by atoms with Crippen LogP contribution in [-0.4, -0.2) is 26.4 Å². The van der Waals surface area contributed by atoms with Gasteiger partial charge in [0, 0.05) is 6.61 Å². The SMILES string of the molecule is CCCOCCOCc1cc(C)c(CNCC)o1. The fraction of sp³-hybridized carbons (Fsp3) is 0.714. The van der Waals surface area contributed by atoms with E-state index < -0.39 is 0 Å². The summed E-state index contributed by atoms with van der Waals surface area (Å²) in [6, 6.07) is 2.04. The van der Waals surface area contributed by atoms with Crippen LogP contribution in [0.5, 0.6) is 0 Å². The van der Waals surface area contributed by atoms with Crippen LogP contribution in [0.15, 0.2) is 10.5 Å². The predicted octanol–water partition coefficient (Wildman–Crippen LogP) is 2.64. The Balaban J connectivity index is 2.21. The zero-order valence-corrected chi connectivity index (χ0v) is 11.8. The number of nitrogens with one attached hydrogen (secondary N) is 1. The van der Waals surface area contributed by atoms with E-state index in [1.54, 1.807) is 0 Å². The van der Waals surface area contributed by atoms with Crippen LogP contribution in [-0.2, 0) is 22.6 Å². The molecule has 0 saturated carbocycles. The summed E-state index contributed by atoms with van der Waals surface area (Å²) in [6.07, 6.45) is 1.05. The monoisotopic (exact) mass is 255 g/mol. The summed E-state index contributed by atoms with van der Waals surface area (Å²) >= 11 is 0. The number of furan rings is 1. The Morgan fingerprint density at radius 3 is 2.67 bits per heavy atom. The maximum Gasteiger partial charge on any atom is 0.130 e. The van der Waals surface area contributed by atoms with E-state index in [4.69, 9.17) is 13.9 Å². The minimum Gasteiger partial charge on any atom is -0.462 e. The summed E-state index contributed by atoms with van der Waals surface area (Å²) in [7, 11) is 0. The lowest BCUT2D eigenvalue weighted by atomic mass is 10.2. The van der Waals surface area contributed by atoms with Crippen molar-refractivity contribution in [2.45, 2.75) is 40.3 Å². The number of ether oxygens (including phenoxy) is 2. The van der Waals surface area contributed by atoms with Crippen LogP contribution in [0.25, 0.3) is 0 Å². The molecule has 4 heteroatoms. The molecule has 0 aromatic carbocycles. The molecule has 0 aliphatic rings. The number of hydrogen-bond acceptors (Lipinski definition) is 4. The molecule has 0 aliphatic carbocycles. The second kappa shape index (κ2) is 9.14. The first-order chi connectivity index (χ1) is 8.77. The van der Waals surface area contributed by atoms with Crippen molar-refractivity contribution < 1.29 is 13.9 Å². The number of hydrogen-bond donors (Lipinski definition) is 1. The normalized spacial score (nSPS) is 11.1. The van der Waals surface area contributed by atoms with Crippen LogP contribution in [0.3, 0.4) is 0 Å². The molecule has 0 atom stereocenters. The average Bonchev–Trinajstić information content (AvgIpc) is 2.72. The Morgan fingerprint density at radius 1 is 1.17 bits per heavy atom. The van der Waals surface area contributed by atoms with Crippen molar-refractivity contribution in [2.24, 2.45) is 0 Å². The largest absolute Gasteiger partial charge is 0.462 e. The highest BCUT2D eigenvalue weighted by molar-refractivity contribution is 5.19. The fourth-order valence-electron chi connectivity index (χ4n) is 1.61. The third-order valence-corrected chi connectivity index (χ3v) is 2.57. The Hall–Kier alpha value is -0.840. The minimum atomic E-state index is 0.516. The van der Waals surface area contributed by atoms with Gasteiger partial charge in [0.1, 0.15) is 18.1 Å². The molecule has 1 rings (SSSR count). The molecule has 0 aliphatic heterocycles. The van der Waals surface area contributed by atoms with Crippen LogP contribution in [0, 0.1) is 6.92 Å². The van der Waals surface area contributed by atoms with Crippen molar-refractivity contribution in [3.05, 3.63) is 23.2 Å². The van der Waals surface area contributed by atoms with E-state index in [0.717, 1.165) is 37.6 Å². The molecule has 1 aromatic rings. The first-order valence-electron chi connectivity index (χ1n) is 6.72. The van der Waals surface area contributed by atoms with E-state index in [2.05, 4.69) is 26.1 Å². The highest BCUT2D eigenvalue weighted by Gasteiger charge is 2.06. The molecule has 1 N–H and O–H groups in total. The summed E-state index contributed by atoms with van der Waals surface area (Å²) in [6.45, 7) is 10.5. The van der Waals surface area contributed by atoms with Gasteiger partial charge in [0.25, 0.3) is 0 Å². The highest BCUT2D eigenvalue weighted by atomic mass is 16.5. The first kappa shape index (κ1) is 15.2. The summed E-state index contributed by atoms with van der Waals surface area (Å²) in [5, 5.41) is 3.25. The molecule has 104 valence electrons. The van der Waals surface area contributed by atoms with E-state index in [1.165, 1.54) is 5.56 Å². The molecule has 4 nitrogen and oxygen atoms in total. The van der Waals surface area contributed by atoms with Crippen LogP contribution >= 0.6 is 0 Å². The lowest BCUT2D eigenvalue weighted by Gasteiger charge is -2.03. The lowest BCUT2D eigenvalue weighted by Crippen LogP contribution is -2.11. The van der Waals surface area contributed by atoms with Gasteiger partial charge in [0.2, 0.25) is 0 Å². The van der Waals surface area contributed by atoms with Crippen molar-refractivity contribution in [1.29, 1.82) is 0 Å². The molecule has 0 spiro atoms. The second-order valence-electron chi connectivity index (χ2n) is 4.26. The first-order valence-corrected chi connectivity index (χ1v) is 6.72. The van der Waals surface area contributed by atoms with E-state index in [-0.39, 0.29) is 0 Å². The standard InChI is InChI=1S/C14H25NO3/c1-4-6-16-7-8-17-11-13-9-12(3)14(18-13)10-15-5-2/h9,15H,4-8,10-11H2,1-3H3. The van der Waals surface area contributed by atoms with Crippen molar-refractivity contribution in [2.75, 3.05) is 26.4 Å². The molecule has 0 amide bonds. The molecule has 18 heavy (non-hydrogen) atoms. The van der Waals surface area contributed by atoms with Gasteiger partial charge in [-0.15, -0.1) is 0 Å². The smallest absolute Gasteiger partial charge is 0.130 e. The Bertz CT molecular complexity index is 323. The molecule has 0 radical (unpaired) electrons.